The van der Waals surface area contributed by atoms with E-state index >= 15 is 0 Å². The van der Waals surface area contributed by atoms with Gasteiger partial charge in [0.05, 0.1) is 7.11 Å². The molecule has 0 aliphatic rings. The zero-order chi connectivity index (χ0) is 14.8. The number of ether oxygens (including phenoxy) is 2. The Morgan fingerprint density at radius 2 is 2.15 bits per heavy atom. The van der Waals surface area contributed by atoms with Crippen molar-refractivity contribution in [1.82, 2.24) is 5.32 Å². The van der Waals surface area contributed by atoms with E-state index in [9.17, 15) is 4.79 Å². The molecule has 20 heavy (non-hydrogen) atoms. The molecule has 0 aromatic heterocycles. The molecule has 1 aromatic rings. The first kappa shape index (κ1) is 16.3. The Labute approximate surface area is 118 Å². The van der Waals surface area contributed by atoms with Crippen molar-refractivity contribution >= 4 is 5.97 Å². The summed E-state index contributed by atoms with van der Waals surface area (Å²) in [6.07, 6.45) is 1.64. The molecular formula is C14H21NO5. The first-order chi connectivity index (χ1) is 9.69. The number of nitrogens with one attached hydrogen (secondary N) is 1. The molecule has 6 nitrogen and oxygen atoms in total. The molecule has 0 fully saturated rings. The quantitative estimate of drug-likeness (QED) is 0.556. The SMILES string of the molecule is COc1cccc(CNCCCCO)c1OCC(=O)O. The maximum atomic E-state index is 10.6. The van der Waals surface area contributed by atoms with E-state index < -0.39 is 12.6 Å². The van der Waals surface area contributed by atoms with E-state index in [0.29, 0.717) is 18.0 Å². The van der Waals surface area contributed by atoms with Crippen LogP contribution in [0.5, 0.6) is 11.5 Å². The van der Waals surface area contributed by atoms with Gasteiger partial charge in [-0.2, -0.15) is 0 Å². The molecule has 0 saturated heterocycles. The lowest BCUT2D eigenvalue weighted by atomic mass is 10.1. The summed E-state index contributed by atoms with van der Waals surface area (Å²) in [5.74, 6) is -0.0641. The van der Waals surface area contributed by atoms with Gasteiger partial charge >= 0.3 is 5.97 Å². The van der Waals surface area contributed by atoms with Crippen LogP contribution in [0.15, 0.2) is 18.2 Å². The highest BCUT2D eigenvalue weighted by atomic mass is 16.5. The standard InChI is InChI=1S/C14H21NO5/c1-19-12-6-4-5-11(9-15-7-2-3-8-16)14(12)20-10-13(17)18/h4-6,15-16H,2-3,7-10H2,1H3,(H,17,18). The molecule has 0 radical (unpaired) electrons. The minimum Gasteiger partial charge on any atom is -0.493 e. The smallest absolute Gasteiger partial charge is 0.341 e. The molecule has 0 heterocycles. The topological polar surface area (TPSA) is 88.0 Å². The number of carbonyl (C=O) groups is 1. The van der Waals surface area contributed by atoms with Crippen molar-refractivity contribution in [3.63, 3.8) is 0 Å². The largest absolute Gasteiger partial charge is 0.493 e. The minimum atomic E-state index is -1.03. The fraction of sp³-hybridized carbons (Fsp3) is 0.500. The van der Waals surface area contributed by atoms with E-state index in [2.05, 4.69) is 5.32 Å². The summed E-state index contributed by atoms with van der Waals surface area (Å²) in [6, 6.07) is 5.42. The fourth-order valence-electron chi connectivity index (χ4n) is 1.74. The summed E-state index contributed by atoms with van der Waals surface area (Å²) in [5.41, 5.74) is 0.842. The van der Waals surface area contributed by atoms with Gasteiger partial charge in [-0.15, -0.1) is 0 Å². The van der Waals surface area contributed by atoms with Crippen LogP contribution in [0.2, 0.25) is 0 Å². The Bertz CT molecular complexity index is 422. The Balaban J connectivity index is 2.65. The predicted octanol–water partition coefficient (Wildman–Crippen LogP) is 1.02. The van der Waals surface area contributed by atoms with Gasteiger partial charge < -0.3 is 25.0 Å². The van der Waals surface area contributed by atoms with Crippen LogP contribution in [-0.4, -0.2) is 43.1 Å². The molecule has 0 bridgehead atoms. The number of aliphatic hydroxyl groups is 1. The van der Waals surface area contributed by atoms with Gasteiger partial charge in [0.1, 0.15) is 0 Å². The Hall–Kier alpha value is -1.79. The van der Waals surface area contributed by atoms with Crippen molar-refractivity contribution in [2.75, 3.05) is 26.9 Å². The highest BCUT2D eigenvalue weighted by Gasteiger charge is 2.11. The molecule has 0 aliphatic heterocycles. The number of hydrogen-bond donors (Lipinski definition) is 3. The van der Waals surface area contributed by atoms with Crippen LogP contribution >= 0.6 is 0 Å². The lowest BCUT2D eigenvalue weighted by Crippen LogP contribution is -2.17. The number of hydrogen-bond acceptors (Lipinski definition) is 5. The fourth-order valence-corrected chi connectivity index (χ4v) is 1.74. The number of aliphatic carboxylic acids is 1. The summed E-state index contributed by atoms with van der Waals surface area (Å²) in [7, 11) is 1.52. The zero-order valence-electron chi connectivity index (χ0n) is 11.6. The van der Waals surface area contributed by atoms with E-state index in [-0.39, 0.29) is 6.61 Å². The first-order valence-corrected chi connectivity index (χ1v) is 6.51. The molecule has 6 heteroatoms. The number of aliphatic hydroxyl groups excluding tert-OH is 1. The van der Waals surface area contributed by atoms with Crippen molar-refractivity contribution in [3.8, 4) is 11.5 Å². The summed E-state index contributed by atoms with van der Waals surface area (Å²) >= 11 is 0. The lowest BCUT2D eigenvalue weighted by Gasteiger charge is -2.14. The van der Waals surface area contributed by atoms with Crippen molar-refractivity contribution in [2.24, 2.45) is 0 Å². The van der Waals surface area contributed by atoms with Gasteiger partial charge in [-0.1, -0.05) is 12.1 Å². The molecule has 1 aromatic carbocycles. The summed E-state index contributed by atoms with van der Waals surface area (Å²) in [4.78, 5) is 10.6. The van der Waals surface area contributed by atoms with Crippen LogP contribution in [0.4, 0.5) is 0 Å². The normalized spacial score (nSPS) is 10.3. The first-order valence-electron chi connectivity index (χ1n) is 6.51. The van der Waals surface area contributed by atoms with E-state index in [0.717, 1.165) is 24.9 Å². The highest BCUT2D eigenvalue weighted by Crippen LogP contribution is 2.30. The second-order valence-electron chi connectivity index (χ2n) is 4.24. The summed E-state index contributed by atoms with van der Waals surface area (Å²) in [5, 5.41) is 20.6. The molecule has 0 atom stereocenters. The molecule has 0 unspecified atom stereocenters. The van der Waals surface area contributed by atoms with E-state index in [1.165, 1.54) is 7.11 Å². The van der Waals surface area contributed by atoms with E-state index in [4.69, 9.17) is 19.7 Å². The molecule has 112 valence electrons. The van der Waals surface area contributed by atoms with Gasteiger partial charge in [-0.25, -0.2) is 4.79 Å². The van der Waals surface area contributed by atoms with Crippen molar-refractivity contribution in [1.29, 1.82) is 0 Å². The Kier molecular flexibility index (Phi) is 7.46. The second kappa shape index (κ2) is 9.17. The molecular weight excluding hydrogens is 262 g/mol. The third-order valence-corrected chi connectivity index (χ3v) is 2.70. The van der Waals surface area contributed by atoms with Crippen LogP contribution in [0, 0.1) is 0 Å². The number of para-hydroxylation sites is 1. The number of carboxylic acids is 1. The van der Waals surface area contributed by atoms with Gasteiger partial charge in [0, 0.05) is 18.7 Å². The van der Waals surface area contributed by atoms with Crippen LogP contribution < -0.4 is 14.8 Å². The number of rotatable bonds is 10. The number of unbranched alkanes of at least 4 members (excludes halogenated alkanes) is 1. The van der Waals surface area contributed by atoms with Crippen LogP contribution in [-0.2, 0) is 11.3 Å². The van der Waals surface area contributed by atoms with Crippen LogP contribution in [0.3, 0.4) is 0 Å². The lowest BCUT2D eigenvalue weighted by molar-refractivity contribution is -0.139. The molecule has 0 spiro atoms. The van der Waals surface area contributed by atoms with Gasteiger partial charge in [0.15, 0.2) is 18.1 Å². The second-order valence-corrected chi connectivity index (χ2v) is 4.24. The predicted molar refractivity (Wildman–Crippen MR) is 74.2 cm³/mol. The van der Waals surface area contributed by atoms with Crippen molar-refractivity contribution < 1.29 is 24.5 Å². The van der Waals surface area contributed by atoms with E-state index in [1.54, 1.807) is 6.07 Å². The zero-order valence-corrected chi connectivity index (χ0v) is 11.6. The number of methoxy groups -OCH3 is 1. The highest BCUT2D eigenvalue weighted by molar-refractivity contribution is 5.68. The Morgan fingerprint density at radius 3 is 2.80 bits per heavy atom. The maximum Gasteiger partial charge on any atom is 0.341 e. The molecule has 0 amide bonds. The monoisotopic (exact) mass is 283 g/mol. The molecule has 1 rings (SSSR count). The third-order valence-electron chi connectivity index (χ3n) is 2.70. The molecule has 3 N–H and O–H groups in total. The Morgan fingerprint density at radius 1 is 1.35 bits per heavy atom. The van der Waals surface area contributed by atoms with Crippen molar-refractivity contribution in [2.45, 2.75) is 19.4 Å². The minimum absolute atomic E-state index is 0.188. The number of carboxylic acid groups (broad SMARTS) is 1. The third kappa shape index (κ3) is 5.46. The maximum absolute atomic E-state index is 10.6. The molecule has 0 aliphatic carbocycles. The van der Waals surface area contributed by atoms with Gasteiger partial charge in [0.25, 0.3) is 0 Å². The van der Waals surface area contributed by atoms with E-state index in [1.807, 2.05) is 12.1 Å². The van der Waals surface area contributed by atoms with Crippen LogP contribution in [0.25, 0.3) is 0 Å². The van der Waals surface area contributed by atoms with Gasteiger partial charge in [0.2, 0.25) is 0 Å². The molecule has 0 saturated carbocycles. The van der Waals surface area contributed by atoms with Crippen LogP contribution in [0.1, 0.15) is 18.4 Å². The van der Waals surface area contributed by atoms with Gasteiger partial charge in [-0.3, -0.25) is 0 Å². The number of benzene rings is 1. The summed E-state index contributed by atoms with van der Waals surface area (Å²) in [6.45, 7) is 1.11. The van der Waals surface area contributed by atoms with Crippen molar-refractivity contribution in [3.05, 3.63) is 23.8 Å². The average Bonchev–Trinajstić information content (AvgIpc) is 2.45. The summed E-state index contributed by atoms with van der Waals surface area (Å²) < 4.78 is 10.5. The average molecular weight is 283 g/mol. The van der Waals surface area contributed by atoms with Gasteiger partial charge in [-0.05, 0) is 25.5 Å².